The van der Waals surface area contributed by atoms with Crippen LogP contribution in [0, 0.1) is 13.8 Å². The Morgan fingerprint density at radius 3 is 2.52 bits per heavy atom. The third-order valence-corrected chi connectivity index (χ3v) is 4.85. The van der Waals surface area contributed by atoms with Gasteiger partial charge in [0.05, 0.1) is 7.11 Å². The molecule has 1 rings (SSSR count). The highest BCUT2D eigenvalue weighted by Gasteiger charge is 2.31. The highest BCUT2D eigenvalue weighted by molar-refractivity contribution is 9.09. The molecule has 0 atom stereocenters. The first-order valence-corrected chi connectivity index (χ1v) is 9.00. The monoisotopic (exact) mass is 374 g/mol. The molecule has 0 aliphatic carbocycles. The number of hydrogen-bond acceptors (Lipinski definition) is 4. The maximum Gasteiger partial charge on any atom is 0.349 e. The van der Waals surface area contributed by atoms with Crippen LogP contribution in [0.4, 0.5) is 0 Å². The molecule has 5 heteroatoms. The molecule has 0 spiro atoms. The Morgan fingerprint density at radius 1 is 1.29 bits per heavy atom. The number of methoxy groups -OCH3 is 1. The molecule has 0 fully saturated rings. The lowest BCUT2D eigenvalue weighted by Crippen LogP contribution is -2.39. The lowest BCUT2D eigenvalue weighted by Gasteiger charge is -2.25. The zero-order valence-corrected chi connectivity index (χ0v) is 15.7. The minimum atomic E-state index is -0.990. The second kappa shape index (κ2) is 8.08. The van der Waals surface area contributed by atoms with Crippen molar-refractivity contribution < 1.29 is 14.3 Å². The lowest BCUT2D eigenvalue weighted by atomic mass is 10.1. The fraction of sp³-hybridized carbons (Fsp3) is 0.562. The van der Waals surface area contributed by atoms with Gasteiger partial charge >= 0.3 is 5.97 Å². The van der Waals surface area contributed by atoms with Crippen molar-refractivity contribution in [2.75, 3.05) is 18.2 Å². The van der Waals surface area contributed by atoms with Crippen molar-refractivity contribution in [1.29, 1.82) is 0 Å². The van der Waals surface area contributed by atoms with Crippen LogP contribution in [0.1, 0.15) is 31.4 Å². The summed E-state index contributed by atoms with van der Waals surface area (Å²) >= 11 is 5.29. The molecule has 3 nitrogen and oxygen atoms in total. The molecule has 0 radical (unpaired) electrons. The number of carbonyl (C=O) groups excluding carboxylic acids is 1. The van der Waals surface area contributed by atoms with E-state index in [2.05, 4.69) is 28.9 Å². The molecule has 0 aliphatic rings. The Kier molecular flexibility index (Phi) is 7.07. The van der Waals surface area contributed by atoms with Crippen molar-refractivity contribution in [1.82, 2.24) is 0 Å². The molecule has 0 unspecified atom stereocenters. The molecule has 1 aromatic carbocycles. The average molecular weight is 375 g/mol. The van der Waals surface area contributed by atoms with Crippen molar-refractivity contribution in [3.05, 3.63) is 23.3 Å². The van der Waals surface area contributed by atoms with Crippen molar-refractivity contribution >= 4 is 33.7 Å². The molecule has 0 saturated heterocycles. The number of esters is 1. The van der Waals surface area contributed by atoms with Gasteiger partial charge in [0.2, 0.25) is 0 Å². The van der Waals surface area contributed by atoms with Gasteiger partial charge in [-0.2, -0.15) is 0 Å². The minimum absolute atomic E-state index is 0.379. The van der Waals surface area contributed by atoms with Crippen molar-refractivity contribution in [3.63, 3.8) is 0 Å². The molecule has 0 aromatic heterocycles. The topological polar surface area (TPSA) is 35.5 Å². The van der Waals surface area contributed by atoms with E-state index in [1.807, 2.05) is 24.8 Å². The minimum Gasteiger partial charge on any atom is -0.476 e. The normalized spacial score (nSPS) is 11.3. The van der Waals surface area contributed by atoms with Crippen LogP contribution in [-0.2, 0) is 9.53 Å². The van der Waals surface area contributed by atoms with Crippen LogP contribution >= 0.6 is 27.7 Å². The summed E-state index contributed by atoms with van der Waals surface area (Å²) in [5, 5.41) is 1.02. The summed E-state index contributed by atoms with van der Waals surface area (Å²) in [6, 6.07) is 4.12. The lowest BCUT2D eigenvalue weighted by molar-refractivity contribution is -0.156. The van der Waals surface area contributed by atoms with Crippen molar-refractivity contribution in [3.8, 4) is 5.75 Å². The molecular weight excluding hydrogens is 352 g/mol. The Morgan fingerprint density at radius 2 is 1.95 bits per heavy atom. The predicted octanol–water partition coefficient (Wildman–Crippen LogP) is 4.51. The van der Waals surface area contributed by atoms with Gasteiger partial charge in [0.25, 0.3) is 0 Å². The smallest absolute Gasteiger partial charge is 0.349 e. The number of carbonyl (C=O) groups is 1. The number of benzene rings is 1. The van der Waals surface area contributed by atoms with Crippen molar-refractivity contribution in [2.45, 2.75) is 44.6 Å². The van der Waals surface area contributed by atoms with E-state index in [0.717, 1.165) is 34.4 Å². The molecule has 0 heterocycles. The van der Waals surface area contributed by atoms with Gasteiger partial charge in [0.15, 0.2) is 5.60 Å². The van der Waals surface area contributed by atoms with Gasteiger partial charge in [-0.05, 0) is 63.1 Å². The van der Waals surface area contributed by atoms with Crippen LogP contribution in [-0.4, -0.2) is 29.8 Å². The molecule has 0 bridgehead atoms. The van der Waals surface area contributed by atoms with Gasteiger partial charge in [-0.1, -0.05) is 15.9 Å². The van der Waals surface area contributed by atoms with Crippen LogP contribution in [0.5, 0.6) is 5.75 Å². The van der Waals surface area contributed by atoms with Crippen LogP contribution in [0.25, 0.3) is 0 Å². The molecule has 0 N–H and O–H groups in total. The highest BCUT2D eigenvalue weighted by Crippen LogP contribution is 2.32. The second-order valence-corrected chi connectivity index (χ2v) is 7.31. The van der Waals surface area contributed by atoms with E-state index in [4.69, 9.17) is 9.47 Å². The Hall–Kier alpha value is -0.680. The standard InChI is InChI=1S/C16H23BrO3S/c1-11-10-14(21-8-6-7-17)12(2)9-13(11)20-16(3,4)15(18)19-5/h9-10H,6-8H2,1-5H3. The number of aryl methyl sites for hydroxylation is 2. The molecular formula is C16H23BrO3S. The SMILES string of the molecule is COC(=O)C(C)(C)Oc1cc(C)c(SCCCBr)cc1C. The van der Waals surface area contributed by atoms with Crippen LogP contribution in [0.2, 0.25) is 0 Å². The van der Waals surface area contributed by atoms with Gasteiger partial charge in [-0.15, -0.1) is 11.8 Å². The van der Waals surface area contributed by atoms with Crippen LogP contribution in [0.15, 0.2) is 17.0 Å². The number of alkyl halides is 1. The number of ether oxygens (including phenoxy) is 2. The van der Waals surface area contributed by atoms with E-state index in [1.54, 1.807) is 13.8 Å². The van der Waals surface area contributed by atoms with Gasteiger partial charge in [-0.3, -0.25) is 0 Å². The summed E-state index contributed by atoms with van der Waals surface area (Å²) < 4.78 is 10.6. The highest BCUT2D eigenvalue weighted by atomic mass is 79.9. The molecule has 21 heavy (non-hydrogen) atoms. The van der Waals surface area contributed by atoms with E-state index in [9.17, 15) is 4.79 Å². The summed E-state index contributed by atoms with van der Waals surface area (Å²) in [5.41, 5.74) is 1.20. The fourth-order valence-corrected chi connectivity index (χ4v) is 3.53. The maximum absolute atomic E-state index is 11.7. The summed E-state index contributed by atoms with van der Waals surface area (Å²) in [7, 11) is 1.37. The van der Waals surface area contributed by atoms with E-state index >= 15 is 0 Å². The Balaban J connectivity index is 2.91. The number of rotatable bonds is 7. The Bertz CT molecular complexity index is 501. The van der Waals surface area contributed by atoms with Gasteiger partial charge in [-0.25, -0.2) is 4.79 Å². The van der Waals surface area contributed by atoms with Gasteiger partial charge < -0.3 is 9.47 Å². The molecule has 0 amide bonds. The molecule has 0 saturated carbocycles. The van der Waals surface area contributed by atoms with E-state index in [-0.39, 0.29) is 5.97 Å². The van der Waals surface area contributed by atoms with Gasteiger partial charge in [0.1, 0.15) is 5.75 Å². The fourth-order valence-electron chi connectivity index (χ4n) is 1.83. The Labute approximate surface area is 139 Å². The summed E-state index contributed by atoms with van der Waals surface area (Å²) in [4.78, 5) is 13.0. The molecule has 0 aliphatic heterocycles. The van der Waals surface area contributed by atoms with Crippen molar-refractivity contribution in [2.24, 2.45) is 0 Å². The summed E-state index contributed by atoms with van der Waals surface area (Å²) in [6.45, 7) is 7.49. The zero-order chi connectivity index (χ0) is 16.0. The first kappa shape index (κ1) is 18.4. The predicted molar refractivity (Wildman–Crippen MR) is 91.8 cm³/mol. The maximum atomic E-state index is 11.7. The van der Waals surface area contributed by atoms with Gasteiger partial charge in [0, 0.05) is 10.2 Å². The number of hydrogen-bond donors (Lipinski definition) is 0. The number of halogens is 1. The largest absolute Gasteiger partial charge is 0.476 e. The van der Waals surface area contributed by atoms with Crippen LogP contribution < -0.4 is 4.74 Å². The van der Waals surface area contributed by atoms with E-state index < -0.39 is 5.60 Å². The molecule has 1 aromatic rings. The number of thioether (sulfide) groups is 1. The van der Waals surface area contributed by atoms with E-state index in [1.165, 1.54) is 12.0 Å². The zero-order valence-electron chi connectivity index (χ0n) is 13.3. The van der Waals surface area contributed by atoms with Crippen LogP contribution in [0.3, 0.4) is 0 Å². The average Bonchev–Trinajstić information content (AvgIpc) is 2.42. The quantitative estimate of drug-likeness (QED) is 0.304. The summed E-state index contributed by atoms with van der Waals surface area (Å²) in [5.74, 6) is 1.43. The first-order valence-electron chi connectivity index (χ1n) is 6.89. The molecule has 118 valence electrons. The second-order valence-electron chi connectivity index (χ2n) is 5.38. The van der Waals surface area contributed by atoms with E-state index in [0.29, 0.717) is 0 Å². The summed E-state index contributed by atoms with van der Waals surface area (Å²) in [6.07, 6.45) is 1.14. The first-order chi connectivity index (χ1) is 9.81. The third kappa shape index (κ3) is 5.22. The third-order valence-electron chi connectivity index (χ3n) is 3.05.